The third-order valence-corrected chi connectivity index (χ3v) is 5.16. The highest BCUT2D eigenvalue weighted by Gasteiger charge is 2.54. The van der Waals surface area contributed by atoms with Gasteiger partial charge in [-0.15, -0.1) is 0 Å². The minimum Gasteiger partial charge on any atom is -0.372 e. The highest BCUT2D eigenvalue weighted by molar-refractivity contribution is 6.28. The zero-order valence-electron chi connectivity index (χ0n) is 14.0. The average Bonchev–Trinajstić information content (AvgIpc) is 3.16. The molecule has 1 saturated heterocycles. The van der Waals surface area contributed by atoms with Gasteiger partial charge in [0.15, 0.2) is 5.79 Å². The van der Waals surface area contributed by atoms with E-state index in [1.807, 2.05) is 33.2 Å². The van der Waals surface area contributed by atoms with Gasteiger partial charge in [0.05, 0.1) is 17.5 Å². The Morgan fingerprint density at radius 3 is 2.83 bits per heavy atom. The minimum atomic E-state index is -0.590. The van der Waals surface area contributed by atoms with Crippen LogP contribution in [0.25, 0.3) is 11.0 Å². The maximum Gasteiger partial charge on any atom is 0.226 e. The first-order valence-corrected chi connectivity index (χ1v) is 8.59. The lowest BCUT2D eigenvalue weighted by Crippen LogP contribution is -2.29. The van der Waals surface area contributed by atoms with Crippen molar-refractivity contribution < 1.29 is 9.47 Å². The van der Waals surface area contributed by atoms with Gasteiger partial charge in [-0.05, 0) is 44.5 Å². The number of halogens is 1. The van der Waals surface area contributed by atoms with E-state index >= 15 is 0 Å². The molecule has 1 aliphatic heterocycles. The fourth-order valence-electron chi connectivity index (χ4n) is 4.02. The maximum atomic E-state index is 6.19. The Hall–Kier alpha value is -1.41. The lowest BCUT2D eigenvalue weighted by Gasteiger charge is -2.24. The summed E-state index contributed by atoms with van der Waals surface area (Å²) in [5.74, 6) is 0.394. The molecule has 1 saturated carbocycles. The Labute approximate surface area is 145 Å². The molecule has 0 radical (unpaired) electrons. The summed E-state index contributed by atoms with van der Waals surface area (Å²) < 4.78 is 14.4. The monoisotopic (exact) mass is 351 g/mol. The Balaban J connectivity index is 1.79. The van der Waals surface area contributed by atoms with Crippen LogP contribution in [-0.2, 0) is 9.47 Å². The molecule has 0 spiro atoms. The molecule has 0 bridgehead atoms. The molecule has 7 nitrogen and oxygen atoms in total. The van der Waals surface area contributed by atoms with E-state index in [0.717, 1.165) is 23.3 Å². The summed E-state index contributed by atoms with van der Waals surface area (Å²) in [5.41, 5.74) is 6.77. The fourth-order valence-corrected chi connectivity index (χ4v) is 4.19. The fraction of sp³-hybridized carbons (Fsp3) is 0.625. The van der Waals surface area contributed by atoms with Crippen LogP contribution < -0.4 is 11.1 Å². The lowest BCUT2D eigenvalue weighted by atomic mass is 10.1. The van der Waals surface area contributed by atoms with Crippen LogP contribution in [0.4, 0.5) is 5.82 Å². The van der Waals surface area contributed by atoms with Crippen molar-refractivity contribution in [1.82, 2.24) is 14.5 Å². The van der Waals surface area contributed by atoms with Gasteiger partial charge in [0, 0.05) is 19.2 Å². The highest BCUT2D eigenvalue weighted by Crippen LogP contribution is 2.47. The van der Waals surface area contributed by atoms with E-state index in [4.69, 9.17) is 26.8 Å². The van der Waals surface area contributed by atoms with Gasteiger partial charge in [-0.2, -0.15) is 4.98 Å². The Kier molecular flexibility index (Phi) is 3.72. The molecule has 3 heterocycles. The smallest absolute Gasteiger partial charge is 0.226 e. The largest absolute Gasteiger partial charge is 0.372 e. The molecule has 1 aliphatic carbocycles. The van der Waals surface area contributed by atoms with Gasteiger partial charge in [-0.25, -0.2) is 4.98 Å². The number of anilines is 1. The van der Waals surface area contributed by atoms with E-state index in [9.17, 15) is 0 Å². The molecule has 24 heavy (non-hydrogen) atoms. The van der Waals surface area contributed by atoms with Crippen LogP contribution >= 0.6 is 11.6 Å². The molecule has 8 heteroatoms. The van der Waals surface area contributed by atoms with Gasteiger partial charge in [-0.3, -0.25) is 0 Å². The van der Waals surface area contributed by atoms with Crippen LogP contribution in [0.2, 0.25) is 5.28 Å². The molecular formula is C16H22ClN5O2. The number of nitrogens with one attached hydrogen (secondary N) is 1. The molecule has 130 valence electrons. The van der Waals surface area contributed by atoms with Gasteiger partial charge < -0.3 is 25.1 Å². The molecule has 2 aliphatic rings. The molecule has 2 aromatic heterocycles. The van der Waals surface area contributed by atoms with Gasteiger partial charge >= 0.3 is 0 Å². The Morgan fingerprint density at radius 1 is 1.38 bits per heavy atom. The number of fused-ring (bicyclic) bond motifs is 2. The highest BCUT2D eigenvalue weighted by atomic mass is 35.5. The molecule has 0 amide bonds. The van der Waals surface area contributed by atoms with Crippen molar-refractivity contribution in [2.24, 2.45) is 11.7 Å². The van der Waals surface area contributed by atoms with E-state index in [1.54, 1.807) is 0 Å². The van der Waals surface area contributed by atoms with E-state index in [1.165, 1.54) is 0 Å². The van der Waals surface area contributed by atoms with Crippen LogP contribution in [0.15, 0.2) is 12.3 Å². The molecule has 2 aromatic rings. The number of rotatable bonds is 3. The summed E-state index contributed by atoms with van der Waals surface area (Å²) in [6, 6.07) is 2.11. The Morgan fingerprint density at radius 2 is 2.12 bits per heavy atom. The Bertz CT molecular complexity index is 777. The van der Waals surface area contributed by atoms with Crippen molar-refractivity contribution in [2.75, 3.05) is 18.9 Å². The van der Waals surface area contributed by atoms with Gasteiger partial charge in [-0.1, -0.05) is 0 Å². The number of nitrogens with two attached hydrogens (primary N) is 1. The normalized spacial score (nSPS) is 31.5. The van der Waals surface area contributed by atoms with Crippen molar-refractivity contribution in [3.8, 4) is 0 Å². The van der Waals surface area contributed by atoms with Crippen molar-refractivity contribution in [2.45, 2.75) is 44.3 Å². The van der Waals surface area contributed by atoms with E-state index in [2.05, 4.69) is 19.9 Å². The van der Waals surface area contributed by atoms with Gasteiger partial charge in [0.1, 0.15) is 17.6 Å². The zero-order chi connectivity index (χ0) is 17.1. The number of hydrogen-bond acceptors (Lipinski definition) is 6. The van der Waals surface area contributed by atoms with Crippen molar-refractivity contribution in [1.29, 1.82) is 0 Å². The molecule has 2 fully saturated rings. The number of ether oxygens (including phenoxy) is 2. The van der Waals surface area contributed by atoms with Crippen LogP contribution in [-0.4, -0.2) is 46.1 Å². The lowest BCUT2D eigenvalue weighted by molar-refractivity contribution is -0.159. The van der Waals surface area contributed by atoms with Crippen molar-refractivity contribution in [3.63, 3.8) is 0 Å². The van der Waals surface area contributed by atoms with Crippen LogP contribution in [0.1, 0.15) is 26.3 Å². The molecule has 4 atom stereocenters. The van der Waals surface area contributed by atoms with E-state index < -0.39 is 5.79 Å². The van der Waals surface area contributed by atoms with Gasteiger partial charge in [0.25, 0.3) is 0 Å². The van der Waals surface area contributed by atoms with E-state index in [-0.39, 0.29) is 29.5 Å². The molecular weight excluding hydrogens is 330 g/mol. The predicted molar refractivity (Wildman–Crippen MR) is 92.1 cm³/mol. The quantitative estimate of drug-likeness (QED) is 0.824. The second kappa shape index (κ2) is 5.56. The van der Waals surface area contributed by atoms with Crippen LogP contribution in [0.3, 0.4) is 0 Å². The topological polar surface area (TPSA) is 87.2 Å². The molecule has 4 rings (SSSR count). The predicted octanol–water partition coefficient (Wildman–Crippen LogP) is 2.17. The SMILES string of the molecule is CNc1nc(Cl)nc2c1ccn2[C@@H]1C[C@H](CN)[C@H]2OC(C)(C)O[C@H]21. The van der Waals surface area contributed by atoms with Crippen LogP contribution in [0, 0.1) is 5.92 Å². The van der Waals surface area contributed by atoms with E-state index in [0.29, 0.717) is 6.54 Å². The second-order valence-electron chi connectivity index (χ2n) is 6.92. The summed E-state index contributed by atoms with van der Waals surface area (Å²) in [6.45, 7) is 4.47. The summed E-state index contributed by atoms with van der Waals surface area (Å²) in [6.07, 6.45) is 2.87. The standard InChI is InChI=1S/C16H22ClN5O2/c1-16(2)23-11-8(7-18)6-10(12(11)24-16)22-5-4-9-13(19-3)20-15(17)21-14(9)22/h4-5,8,10-12H,6-7,18H2,1-3H3,(H,19,20,21)/t8-,10-,11-,12+/m1/s1. The summed E-state index contributed by atoms with van der Waals surface area (Å²) in [5, 5.41) is 4.23. The number of hydrogen-bond donors (Lipinski definition) is 2. The summed E-state index contributed by atoms with van der Waals surface area (Å²) in [4.78, 5) is 8.67. The minimum absolute atomic E-state index is 0.00790. The average molecular weight is 352 g/mol. The first kappa shape index (κ1) is 16.1. The molecule has 0 unspecified atom stereocenters. The maximum absolute atomic E-state index is 6.19. The second-order valence-corrected chi connectivity index (χ2v) is 7.25. The number of aromatic nitrogens is 3. The van der Waals surface area contributed by atoms with Crippen molar-refractivity contribution >= 4 is 28.5 Å². The number of nitrogens with zero attached hydrogens (tertiary/aromatic N) is 3. The first-order chi connectivity index (χ1) is 11.4. The summed E-state index contributed by atoms with van der Waals surface area (Å²) in [7, 11) is 1.82. The molecule has 3 N–H and O–H groups in total. The molecule has 0 aromatic carbocycles. The summed E-state index contributed by atoms with van der Waals surface area (Å²) >= 11 is 6.10. The third-order valence-electron chi connectivity index (χ3n) is 4.99. The first-order valence-electron chi connectivity index (χ1n) is 8.21. The third kappa shape index (κ3) is 2.38. The van der Waals surface area contributed by atoms with Crippen molar-refractivity contribution in [3.05, 3.63) is 17.5 Å². The van der Waals surface area contributed by atoms with Gasteiger partial charge in [0.2, 0.25) is 5.28 Å². The van der Waals surface area contributed by atoms with Crippen LogP contribution in [0.5, 0.6) is 0 Å². The zero-order valence-corrected chi connectivity index (χ0v) is 14.7.